The summed E-state index contributed by atoms with van der Waals surface area (Å²) in [5.74, 6) is 1.08. The lowest BCUT2D eigenvalue weighted by molar-refractivity contribution is -0.136. The Morgan fingerprint density at radius 3 is 2.48 bits per heavy atom. The summed E-state index contributed by atoms with van der Waals surface area (Å²) in [6.07, 6.45) is 1.23. The highest BCUT2D eigenvalue weighted by Gasteiger charge is 2.32. The SMILES string of the molecule is Cc1oc(-c2ccccc2)nc1CCOc1ccc(CCC(=O)O)c2c1CCN(S(=O)(=O)c1cccc3c(N(C)C)cccc13)C2. The lowest BCUT2D eigenvalue weighted by atomic mass is 9.92. The van der Waals surface area contributed by atoms with Crippen molar-refractivity contribution in [2.24, 2.45) is 0 Å². The number of ether oxygens (including phenoxy) is 1. The number of aryl methyl sites for hydroxylation is 2. The molecule has 0 radical (unpaired) electrons. The topological polar surface area (TPSA) is 113 Å². The zero-order valence-electron chi connectivity index (χ0n) is 26.2. The molecule has 4 aromatic carbocycles. The summed E-state index contributed by atoms with van der Waals surface area (Å²) in [4.78, 5) is 18.4. The van der Waals surface area contributed by atoms with Crippen LogP contribution in [0.2, 0.25) is 0 Å². The van der Waals surface area contributed by atoms with Gasteiger partial charge in [-0.1, -0.05) is 48.5 Å². The van der Waals surface area contributed by atoms with Gasteiger partial charge in [-0.3, -0.25) is 4.79 Å². The van der Waals surface area contributed by atoms with E-state index in [1.54, 1.807) is 12.1 Å². The summed E-state index contributed by atoms with van der Waals surface area (Å²) in [6.45, 7) is 2.66. The first-order valence-electron chi connectivity index (χ1n) is 15.3. The van der Waals surface area contributed by atoms with Crippen LogP contribution >= 0.6 is 0 Å². The van der Waals surface area contributed by atoms with Gasteiger partial charge in [0, 0.05) is 67.6 Å². The third-order valence-corrected chi connectivity index (χ3v) is 10.4. The van der Waals surface area contributed by atoms with E-state index in [2.05, 4.69) is 4.98 Å². The highest BCUT2D eigenvalue weighted by Crippen LogP contribution is 2.37. The number of rotatable bonds is 11. The summed E-state index contributed by atoms with van der Waals surface area (Å²) in [6, 6.07) is 24.5. The number of hydrogen-bond acceptors (Lipinski definition) is 7. The van der Waals surface area contributed by atoms with Gasteiger partial charge in [0.15, 0.2) is 0 Å². The maximum absolute atomic E-state index is 14.2. The van der Waals surface area contributed by atoms with Crippen LogP contribution in [0, 0.1) is 6.92 Å². The summed E-state index contributed by atoms with van der Waals surface area (Å²) >= 11 is 0. The number of oxazole rings is 1. The van der Waals surface area contributed by atoms with E-state index in [1.165, 1.54) is 4.31 Å². The molecule has 0 unspecified atom stereocenters. The number of benzene rings is 4. The van der Waals surface area contributed by atoms with Gasteiger partial charge in [-0.15, -0.1) is 0 Å². The predicted octanol–water partition coefficient (Wildman–Crippen LogP) is 6.25. The first-order chi connectivity index (χ1) is 22.1. The monoisotopic (exact) mass is 639 g/mol. The predicted molar refractivity (Wildman–Crippen MR) is 178 cm³/mol. The molecule has 10 heteroatoms. The normalized spacial score (nSPS) is 13.5. The van der Waals surface area contributed by atoms with Crippen LogP contribution in [0.25, 0.3) is 22.2 Å². The third-order valence-electron chi connectivity index (χ3n) is 8.51. The Kier molecular flexibility index (Phi) is 8.84. The minimum atomic E-state index is -3.87. The first-order valence-corrected chi connectivity index (χ1v) is 16.8. The van der Waals surface area contributed by atoms with Crippen molar-refractivity contribution in [3.8, 4) is 17.2 Å². The number of sulfonamides is 1. The van der Waals surface area contributed by atoms with Crippen LogP contribution in [-0.4, -0.2) is 56.0 Å². The number of hydrogen-bond donors (Lipinski definition) is 1. The van der Waals surface area contributed by atoms with E-state index < -0.39 is 16.0 Å². The highest BCUT2D eigenvalue weighted by atomic mass is 32.2. The molecule has 0 bridgehead atoms. The van der Waals surface area contributed by atoms with Crippen molar-refractivity contribution < 1.29 is 27.5 Å². The van der Waals surface area contributed by atoms with Crippen LogP contribution in [0.3, 0.4) is 0 Å². The summed E-state index contributed by atoms with van der Waals surface area (Å²) in [5.41, 5.74) is 5.21. The number of aliphatic carboxylic acids is 1. The fraction of sp³-hybridized carbons (Fsp3) is 0.278. The molecule has 1 aliphatic heterocycles. The third kappa shape index (κ3) is 6.23. The molecule has 0 saturated carbocycles. The molecule has 0 saturated heterocycles. The Labute approximate surface area is 269 Å². The quantitative estimate of drug-likeness (QED) is 0.180. The number of carbonyl (C=O) groups is 1. The van der Waals surface area contributed by atoms with Crippen LogP contribution < -0.4 is 9.64 Å². The largest absolute Gasteiger partial charge is 0.493 e. The van der Waals surface area contributed by atoms with Gasteiger partial charge in [-0.2, -0.15) is 4.31 Å². The number of fused-ring (bicyclic) bond motifs is 2. The highest BCUT2D eigenvalue weighted by molar-refractivity contribution is 7.89. The number of carboxylic acid groups (broad SMARTS) is 1. The smallest absolute Gasteiger partial charge is 0.303 e. The standard InChI is InChI=1S/C36H37N3O6S/c1-24-31(37-36(45-24)26-9-5-4-6-10-26)20-22-44-33-17-15-25(16-18-35(40)41)30-23-39(21-19-28(30)33)46(42,43)34-14-8-11-27-29(34)12-7-13-32(27)38(2)3/h4-15,17H,16,18-23H2,1-3H3,(H,40,41). The minimum Gasteiger partial charge on any atom is -0.493 e. The van der Waals surface area contributed by atoms with Crippen molar-refractivity contribution in [2.45, 2.75) is 44.0 Å². The van der Waals surface area contributed by atoms with Gasteiger partial charge in [0.1, 0.15) is 11.5 Å². The molecule has 2 heterocycles. The molecule has 0 atom stereocenters. The van der Waals surface area contributed by atoms with Crippen molar-refractivity contribution >= 4 is 32.5 Å². The van der Waals surface area contributed by atoms with E-state index in [9.17, 15) is 18.3 Å². The molecule has 9 nitrogen and oxygen atoms in total. The van der Waals surface area contributed by atoms with E-state index in [-0.39, 0.29) is 24.4 Å². The fourth-order valence-corrected chi connectivity index (χ4v) is 7.75. The molecule has 238 valence electrons. The zero-order chi connectivity index (χ0) is 32.4. The number of nitrogens with zero attached hydrogens (tertiary/aromatic N) is 3. The van der Waals surface area contributed by atoms with Crippen LogP contribution in [0.1, 0.15) is 34.6 Å². The second-order valence-corrected chi connectivity index (χ2v) is 13.6. The Morgan fingerprint density at radius 1 is 0.957 bits per heavy atom. The van der Waals surface area contributed by atoms with Gasteiger partial charge < -0.3 is 19.2 Å². The molecule has 0 spiro atoms. The number of carboxylic acids is 1. The van der Waals surface area contributed by atoms with Gasteiger partial charge in [-0.05, 0) is 61.2 Å². The minimum absolute atomic E-state index is 0.0504. The van der Waals surface area contributed by atoms with Crippen LogP contribution in [0.4, 0.5) is 5.69 Å². The Morgan fingerprint density at radius 2 is 1.72 bits per heavy atom. The molecule has 6 rings (SSSR count). The number of anilines is 1. The van der Waals surface area contributed by atoms with Crippen molar-refractivity contribution in [3.05, 3.63) is 107 Å². The number of aromatic nitrogens is 1. The van der Waals surface area contributed by atoms with Gasteiger partial charge >= 0.3 is 5.97 Å². The molecule has 1 aliphatic rings. The average Bonchev–Trinajstić information content (AvgIpc) is 3.43. The molecule has 0 amide bonds. The zero-order valence-corrected chi connectivity index (χ0v) is 27.0. The maximum atomic E-state index is 14.2. The second-order valence-electron chi connectivity index (χ2n) is 11.7. The lowest BCUT2D eigenvalue weighted by Gasteiger charge is -2.31. The van der Waals surface area contributed by atoms with Crippen LogP contribution in [-0.2, 0) is 40.6 Å². The van der Waals surface area contributed by atoms with Crippen LogP contribution in [0.15, 0.2) is 88.2 Å². The Hall–Kier alpha value is -4.67. The molecule has 1 aromatic heterocycles. The summed E-state index contributed by atoms with van der Waals surface area (Å²) < 4.78 is 42.1. The molecule has 1 N–H and O–H groups in total. The van der Waals surface area contributed by atoms with E-state index in [0.717, 1.165) is 44.8 Å². The maximum Gasteiger partial charge on any atom is 0.303 e. The van der Waals surface area contributed by atoms with Gasteiger partial charge in [-0.25, -0.2) is 13.4 Å². The molecule has 0 aliphatic carbocycles. The summed E-state index contributed by atoms with van der Waals surface area (Å²) in [5, 5.41) is 10.9. The van der Waals surface area contributed by atoms with E-state index in [1.807, 2.05) is 92.6 Å². The van der Waals surface area contributed by atoms with Crippen molar-refractivity contribution in [2.75, 3.05) is 32.1 Å². The molecule has 46 heavy (non-hydrogen) atoms. The molecular weight excluding hydrogens is 602 g/mol. The van der Waals surface area contributed by atoms with E-state index in [0.29, 0.717) is 42.9 Å². The Bertz CT molecular complexity index is 2000. The second kappa shape index (κ2) is 13.0. The van der Waals surface area contributed by atoms with Gasteiger partial charge in [0.25, 0.3) is 0 Å². The van der Waals surface area contributed by atoms with E-state index >= 15 is 0 Å². The van der Waals surface area contributed by atoms with Crippen molar-refractivity contribution in [1.29, 1.82) is 0 Å². The lowest BCUT2D eigenvalue weighted by Crippen LogP contribution is -2.37. The molecular formula is C36H37N3O6S. The molecule has 5 aromatic rings. The van der Waals surface area contributed by atoms with Crippen LogP contribution in [0.5, 0.6) is 5.75 Å². The fourth-order valence-electron chi connectivity index (χ4n) is 6.14. The molecule has 0 fully saturated rings. The van der Waals surface area contributed by atoms with E-state index in [4.69, 9.17) is 9.15 Å². The van der Waals surface area contributed by atoms with Gasteiger partial charge in [0.2, 0.25) is 15.9 Å². The summed E-state index contributed by atoms with van der Waals surface area (Å²) in [7, 11) is -0.00372. The van der Waals surface area contributed by atoms with Crippen molar-refractivity contribution in [3.63, 3.8) is 0 Å². The first kappa shape index (κ1) is 31.3. The van der Waals surface area contributed by atoms with Gasteiger partial charge in [0.05, 0.1) is 17.2 Å². The van der Waals surface area contributed by atoms with Crippen molar-refractivity contribution in [1.82, 2.24) is 9.29 Å². The Balaban J connectivity index is 1.26. The average molecular weight is 640 g/mol.